The summed E-state index contributed by atoms with van der Waals surface area (Å²) < 4.78 is 27.7. The Hall–Kier alpha value is -2.93. The van der Waals surface area contributed by atoms with E-state index in [2.05, 4.69) is 66.7 Å². The van der Waals surface area contributed by atoms with Crippen LogP contribution in [0.15, 0.2) is 35.8 Å². The molecule has 2 aromatic rings. The average molecular weight is 511 g/mol. The largest absolute Gasteiger partial charge is 0.344 e. The summed E-state index contributed by atoms with van der Waals surface area (Å²) in [5.41, 5.74) is 5.58. The molecule has 1 aromatic heterocycles. The number of likely N-dealkylation sites (tertiary alicyclic amines) is 1. The zero-order valence-corrected chi connectivity index (χ0v) is 23.2. The first-order chi connectivity index (χ1) is 17.0. The minimum absolute atomic E-state index is 0.149. The van der Waals surface area contributed by atoms with Crippen LogP contribution in [0.1, 0.15) is 51.3 Å². The van der Waals surface area contributed by atoms with Gasteiger partial charge in [-0.25, -0.2) is 18.1 Å². The molecular formula is C27H38N6O2S. The predicted octanol–water partition coefficient (Wildman–Crippen LogP) is 2.18. The number of rotatable bonds is 9. The second-order valence-corrected chi connectivity index (χ2v) is 11.2. The number of aryl methyl sites for hydroxylation is 2. The molecule has 1 N–H and O–H groups in total. The van der Waals surface area contributed by atoms with Gasteiger partial charge in [-0.05, 0) is 55.5 Å². The summed E-state index contributed by atoms with van der Waals surface area (Å²) in [7, 11) is 0.838. The lowest BCUT2D eigenvalue weighted by atomic mass is 9.96. The van der Waals surface area contributed by atoms with Crippen LogP contribution in [0.4, 0.5) is 5.69 Å². The van der Waals surface area contributed by atoms with Crippen LogP contribution in [0.2, 0.25) is 0 Å². The topological polar surface area (TPSA) is 94.3 Å². The van der Waals surface area contributed by atoms with E-state index in [0.29, 0.717) is 13.1 Å². The number of benzene rings is 1. The van der Waals surface area contributed by atoms with E-state index in [-0.39, 0.29) is 6.04 Å². The number of aromatic nitrogens is 2. The second kappa shape index (κ2) is 11.4. The van der Waals surface area contributed by atoms with Gasteiger partial charge in [-0.2, -0.15) is 5.26 Å². The number of anilines is 1. The zero-order chi connectivity index (χ0) is 26.6. The maximum atomic E-state index is 11.5. The van der Waals surface area contributed by atoms with E-state index in [4.69, 9.17) is 0 Å². The number of allylic oxidation sites excluding steroid dienone is 2. The third kappa shape index (κ3) is 6.06. The van der Waals surface area contributed by atoms with Crippen LogP contribution in [0.5, 0.6) is 0 Å². The lowest BCUT2D eigenvalue weighted by Crippen LogP contribution is -2.59. The summed E-state index contributed by atoms with van der Waals surface area (Å²) in [6.07, 6.45) is 8.96. The first-order valence-corrected chi connectivity index (χ1v) is 14.2. The number of nitrogens with one attached hydrogen (secondary N) is 1. The maximum Gasteiger partial charge on any atom is 0.209 e. The first kappa shape index (κ1) is 27.7. The molecule has 0 aliphatic carbocycles. The van der Waals surface area contributed by atoms with Crippen molar-refractivity contribution in [3.8, 4) is 6.07 Å². The minimum Gasteiger partial charge on any atom is -0.344 e. The van der Waals surface area contributed by atoms with Crippen molar-refractivity contribution in [3.05, 3.63) is 57.6 Å². The summed E-state index contributed by atoms with van der Waals surface area (Å²) in [6.45, 7) is 9.48. The van der Waals surface area contributed by atoms with Gasteiger partial charge in [0.05, 0.1) is 29.4 Å². The molecule has 0 bridgehead atoms. The fourth-order valence-electron chi connectivity index (χ4n) is 4.66. The molecule has 1 atom stereocenters. The van der Waals surface area contributed by atoms with Crippen molar-refractivity contribution in [2.45, 2.75) is 52.6 Å². The Labute approximate surface area is 215 Å². The second-order valence-electron chi connectivity index (χ2n) is 9.45. The van der Waals surface area contributed by atoms with Crippen molar-refractivity contribution < 1.29 is 8.42 Å². The fraction of sp³-hybridized carbons (Fsp3) is 0.481. The number of hydrogen-bond donors (Lipinski definition) is 1. The van der Waals surface area contributed by atoms with Gasteiger partial charge in [0.2, 0.25) is 10.0 Å². The summed E-state index contributed by atoms with van der Waals surface area (Å²) in [4.78, 5) is 8.73. The van der Waals surface area contributed by atoms with Crippen molar-refractivity contribution in [2.75, 3.05) is 31.3 Å². The number of sulfonamides is 1. The Morgan fingerprint density at radius 3 is 2.61 bits per heavy atom. The van der Waals surface area contributed by atoms with Gasteiger partial charge < -0.3 is 9.47 Å². The van der Waals surface area contributed by atoms with Crippen LogP contribution in [0.3, 0.4) is 0 Å². The van der Waals surface area contributed by atoms with Crippen LogP contribution in [0.25, 0.3) is 12.2 Å². The smallest absolute Gasteiger partial charge is 0.209 e. The van der Waals surface area contributed by atoms with Gasteiger partial charge in [-0.1, -0.05) is 32.1 Å². The molecule has 1 saturated heterocycles. The van der Waals surface area contributed by atoms with Crippen LogP contribution in [0, 0.1) is 11.3 Å². The summed E-state index contributed by atoms with van der Waals surface area (Å²) in [5.74, 6) is 0. The van der Waals surface area contributed by atoms with Gasteiger partial charge in [-0.15, -0.1) is 0 Å². The van der Waals surface area contributed by atoms with Crippen molar-refractivity contribution in [3.63, 3.8) is 0 Å². The Morgan fingerprint density at radius 1 is 1.36 bits per heavy atom. The summed E-state index contributed by atoms with van der Waals surface area (Å²) >= 11 is 0. The quantitative estimate of drug-likeness (QED) is 0.556. The van der Waals surface area contributed by atoms with Crippen molar-refractivity contribution in [2.24, 2.45) is 7.05 Å². The molecule has 0 spiro atoms. The standard InChI is InChI=1S/C27H38N6O2S/c1-8-19(4)25(14-26-23(10-3)29-18-31(26)5)32(6)24-12-11-21(13-20(24)9-2)27(15-28)33-16-22(17-33)30-36(7,34)35/h10-14,18,22,27,30H,8-9,16-17H2,1-7H3. The van der Waals surface area contributed by atoms with Crippen LogP contribution < -0.4 is 20.3 Å². The van der Waals surface area contributed by atoms with Gasteiger partial charge in [-0.3, -0.25) is 4.90 Å². The van der Waals surface area contributed by atoms with E-state index >= 15 is 0 Å². The van der Waals surface area contributed by atoms with Gasteiger partial charge in [0, 0.05) is 44.6 Å². The summed E-state index contributed by atoms with van der Waals surface area (Å²) in [6, 6.07) is 8.08. The highest BCUT2D eigenvalue weighted by Crippen LogP contribution is 2.32. The fourth-order valence-corrected chi connectivity index (χ4v) is 5.41. The van der Waals surface area contributed by atoms with Gasteiger partial charge in [0.1, 0.15) is 6.04 Å². The lowest BCUT2D eigenvalue weighted by Gasteiger charge is -2.42. The molecule has 1 aliphatic rings. The Morgan fingerprint density at radius 2 is 2.06 bits per heavy atom. The molecule has 1 aromatic carbocycles. The zero-order valence-electron chi connectivity index (χ0n) is 22.4. The average Bonchev–Trinajstić information content (AvgIpc) is 3.18. The van der Waals surface area contributed by atoms with E-state index < -0.39 is 16.1 Å². The molecular weight excluding hydrogens is 472 g/mol. The molecule has 8 nitrogen and oxygen atoms in total. The monoisotopic (exact) mass is 510 g/mol. The van der Waals surface area contributed by atoms with Gasteiger partial charge >= 0.3 is 0 Å². The van der Waals surface area contributed by atoms with Crippen LogP contribution >= 0.6 is 0 Å². The summed E-state index contributed by atoms with van der Waals surface area (Å²) in [5, 5.41) is 11.9. The normalized spacial score (nSPS) is 17.5. The Balaban J connectivity index is 1.95. The van der Waals surface area contributed by atoms with Crippen molar-refractivity contribution in [1.29, 1.82) is 5.26 Å². The molecule has 1 fully saturated rings. The Bertz CT molecular complexity index is 1390. The van der Waals surface area contributed by atoms with Crippen molar-refractivity contribution >= 4 is 27.9 Å². The van der Waals surface area contributed by atoms with E-state index in [1.165, 1.54) is 5.57 Å². The molecule has 2 heterocycles. The molecule has 3 rings (SSSR count). The molecule has 194 valence electrons. The van der Waals surface area contributed by atoms with E-state index in [9.17, 15) is 13.7 Å². The van der Waals surface area contributed by atoms with Crippen LogP contribution in [-0.4, -0.2) is 55.3 Å². The predicted molar refractivity (Wildman–Crippen MR) is 146 cm³/mol. The SMILES string of the molecule is CC=c1ncn(C)c1=CC(=C(C)CC)N(C)c1ccc(C(C#N)N2CC(NS(C)(=O)=O)C2)cc1CC. The highest BCUT2D eigenvalue weighted by molar-refractivity contribution is 7.88. The van der Waals surface area contributed by atoms with E-state index in [1.807, 2.05) is 41.9 Å². The van der Waals surface area contributed by atoms with Gasteiger partial charge in [0.25, 0.3) is 0 Å². The third-order valence-corrected chi connectivity index (χ3v) is 7.59. The molecule has 0 amide bonds. The Kier molecular flexibility index (Phi) is 8.77. The van der Waals surface area contributed by atoms with Gasteiger partial charge in [0.15, 0.2) is 0 Å². The minimum atomic E-state index is -3.25. The molecule has 1 unspecified atom stereocenters. The number of imidazole rings is 1. The molecule has 0 radical (unpaired) electrons. The maximum absolute atomic E-state index is 11.5. The van der Waals surface area contributed by atoms with Crippen molar-refractivity contribution in [1.82, 2.24) is 19.2 Å². The molecule has 9 heteroatoms. The first-order valence-electron chi connectivity index (χ1n) is 12.4. The molecule has 1 aliphatic heterocycles. The number of nitriles is 1. The number of nitrogens with zero attached hydrogens (tertiary/aromatic N) is 5. The molecule has 0 saturated carbocycles. The highest BCUT2D eigenvalue weighted by atomic mass is 32.2. The van der Waals surface area contributed by atoms with Crippen LogP contribution in [-0.2, 0) is 23.5 Å². The highest BCUT2D eigenvalue weighted by Gasteiger charge is 2.35. The lowest BCUT2D eigenvalue weighted by molar-refractivity contribution is 0.112. The molecule has 36 heavy (non-hydrogen) atoms. The van der Waals surface area contributed by atoms with E-state index in [0.717, 1.165) is 52.3 Å². The number of hydrogen-bond acceptors (Lipinski definition) is 6. The van der Waals surface area contributed by atoms with E-state index in [1.54, 1.807) is 0 Å². The third-order valence-electron chi connectivity index (χ3n) is 6.83.